The molecule has 0 N–H and O–H groups in total. The van der Waals surface area contributed by atoms with Crippen LogP contribution in [-0.4, -0.2) is 10.4 Å². The molecule has 0 aromatic carbocycles. The van der Waals surface area contributed by atoms with Crippen molar-refractivity contribution in [3.8, 4) is 0 Å². The summed E-state index contributed by atoms with van der Waals surface area (Å²) in [5.74, 6) is 1.85. The zero-order valence-electron chi connectivity index (χ0n) is 7.13. The molecular weight excluding hydrogens is 158 g/mol. The molecule has 62 valence electrons. The Labute approximate surface area is 71.3 Å². The SMILES string of the molecule is Cc1cc(CSC(C)C)no1. The quantitative estimate of drug-likeness (QED) is 0.699. The molecule has 11 heavy (non-hydrogen) atoms. The molecule has 2 nitrogen and oxygen atoms in total. The van der Waals surface area contributed by atoms with Crippen LogP contribution in [0, 0.1) is 6.92 Å². The lowest BCUT2D eigenvalue weighted by molar-refractivity contribution is 0.393. The fourth-order valence-electron chi connectivity index (χ4n) is 0.738. The van der Waals surface area contributed by atoms with Crippen LogP contribution in [0.2, 0.25) is 0 Å². The predicted octanol–water partition coefficient (Wildman–Crippen LogP) is 2.62. The number of rotatable bonds is 3. The van der Waals surface area contributed by atoms with Gasteiger partial charge in [0, 0.05) is 11.8 Å². The van der Waals surface area contributed by atoms with Crippen LogP contribution in [0.25, 0.3) is 0 Å². The van der Waals surface area contributed by atoms with Gasteiger partial charge in [0.15, 0.2) is 0 Å². The Morgan fingerprint density at radius 1 is 1.64 bits per heavy atom. The third-order valence-electron chi connectivity index (χ3n) is 1.24. The Kier molecular flexibility index (Phi) is 3.00. The zero-order valence-corrected chi connectivity index (χ0v) is 7.94. The maximum absolute atomic E-state index is 4.93. The summed E-state index contributed by atoms with van der Waals surface area (Å²) in [6.45, 7) is 6.27. The summed E-state index contributed by atoms with van der Waals surface area (Å²) in [5.41, 5.74) is 1.04. The molecule has 0 fully saturated rings. The van der Waals surface area contributed by atoms with Gasteiger partial charge in [-0.05, 0) is 12.2 Å². The van der Waals surface area contributed by atoms with Crippen LogP contribution in [0.15, 0.2) is 10.6 Å². The summed E-state index contributed by atoms with van der Waals surface area (Å²) in [7, 11) is 0. The van der Waals surface area contributed by atoms with Gasteiger partial charge in [-0.2, -0.15) is 11.8 Å². The first-order chi connectivity index (χ1) is 5.18. The van der Waals surface area contributed by atoms with Gasteiger partial charge in [0.2, 0.25) is 0 Å². The van der Waals surface area contributed by atoms with E-state index in [4.69, 9.17) is 4.52 Å². The number of hydrogen-bond acceptors (Lipinski definition) is 3. The van der Waals surface area contributed by atoms with Crippen LogP contribution < -0.4 is 0 Å². The number of nitrogens with zero attached hydrogens (tertiary/aromatic N) is 1. The molecule has 0 atom stereocenters. The van der Waals surface area contributed by atoms with E-state index in [0.29, 0.717) is 5.25 Å². The first-order valence-electron chi connectivity index (χ1n) is 3.72. The van der Waals surface area contributed by atoms with E-state index in [1.807, 2.05) is 24.8 Å². The summed E-state index contributed by atoms with van der Waals surface area (Å²) in [6.07, 6.45) is 0. The molecule has 0 amide bonds. The molecule has 0 aliphatic carbocycles. The third kappa shape index (κ3) is 2.97. The maximum Gasteiger partial charge on any atom is 0.133 e. The molecular formula is C8H13NOS. The standard InChI is InChI=1S/C8H13NOS/c1-6(2)11-5-8-4-7(3)10-9-8/h4,6H,5H2,1-3H3. The maximum atomic E-state index is 4.93. The van der Waals surface area contributed by atoms with Gasteiger partial charge in [-0.1, -0.05) is 19.0 Å². The number of thioether (sulfide) groups is 1. The first kappa shape index (κ1) is 8.65. The normalized spacial score (nSPS) is 10.9. The second-order valence-electron chi connectivity index (χ2n) is 2.79. The fourth-order valence-corrected chi connectivity index (χ4v) is 1.38. The highest BCUT2D eigenvalue weighted by Crippen LogP contribution is 2.16. The predicted molar refractivity (Wildman–Crippen MR) is 47.7 cm³/mol. The van der Waals surface area contributed by atoms with E-state index < -0.39 is 0 Å². The molecule has 0 radical (unpaired) electrons. The molecule has 0 unspecified atom stereocenters. The van der Waals surface area contributed by atoms with Crippen LogP contribution in [0.3, 0.4) is 0 Å². The highest BCUT2D eigenvalue weighted by molar-refractivity contribution is 7.99. The third-order valence-corrected chi connectivity index (χ3v) is 2.37. The molecule has 0 bridgehead atoms. The van der Waals surface area contributed by atoms with Crippen molar-refractivity contribution in [3.05, 3.63) is 17.5 Å². The topological polar surface area (TPSA) is 26.0 Å². The minimum absolute atomic E-state index is 0.659. The van der Waals surface area contributed by atoms with E-state index in [1.165, 1.54) is 0 Å². The lowest BCUT2D eigenvalue weighted by Gasteiger charge is -1.99. The molecule has 0 spiro atoms. The van der Waals surface area contributed by atoms with Crippen molar-refractivity contribution in [1.29, 1.82) is 0 Å². The van der Waals surface area contributed by atoms with Crippen molar-refractivity contribution < 1.29 is 4.52 Å². The number of aromatic nitrogens is 1. The van der Waals surface area contributed by atoms with Crippen molar-refractivity contribution >= 4 is 11.8 Å². The molecule has 0 aliphatic heterocycles. The van der Waals surface area contributed by atoms with E-state index in [9.17, 15) is 0 Å². The number of hydrogen-bond donors (Lipinski definition) is 0. The van der Waals surface area contributed by atoms with Crippen LogP contribution in [-0.2, 0) is 5.75 Å². The second-order valence-corrected chi connectivity index (χ2v) is 4.35. The summed E-state index contributed by atoms with van der Waals surface area (Å²) in [4.78, 5) is 0. The Balaban J connectivity index is 2.39. The van der Waals surface area contributed by atoms with Crippen LogP contribution in [0.4, 0.5) is 0 Å². The largest absolute Gasteiger partial charge is 0.361 e. The van der Waals surface area contributed by atoms with Gasteiger partial charge >= 0.3 is 0 Å². The minimum Gasteiger partial charge on any atom is -0.361 e. The van der Waals surface area contributed by atoms with E-state index in [0.717, 1.165) is 17.2 Å². The Hall–Kier alpha value is -0.440. The van der Waals surface area contributed by atoms with E-state index >= 15 is 0 Å². The average molecular weight is 171 g/mol. The molecule has 0 aliphatic rings. The second kappa shape index (κ2) is 3.81. The molecule has 1 rings (SSSR count). The van der Waals surface area contributed by atoms with E-state index in [1.54, 1.807) is 0 Å². The lowest BCUT2D eigenvalue weighted by atomic mass is 10.4. The first-order valence-corrected chi connectivity index (χ1v) is 4.77. The van der Waals surface area contributed by atoms with Crippen molar-refractivity contribution in [1.82, 2.24) is 5.16 Å². The summed E-state index contributed by atoms with van der Waals surface area (Å²) < 4.78 is 4.93. The van der Waals surface area contributed by atoms with Gasteiger partial charge in [0.05, 0.1) is 5.69 Å². The Morgan fingerprint density at radius 3 is 2.82 bits per heavy atom. The number of aryl methyl sites for hydroxylation is 1. The average Bonchev–Trinajstić information content (AvgIpc) is 2.31. The monoisotopic (exact) mass is 171 g/mol. The zero-order chi connectivity index (χ0) is 8.27. The summed E-state index contributed by atoms with van der Waals surface area (Å²) >= 11 is 1.88. The van der Waals surface area contributed by atoms with Gasteiger partial charge < -0.3 is 4.52 Å². The van der Waals surface area contributed by atoms with Gasteiger partial charge in [-0.25, -0.2) is 0 Å². The summed E-state index contributed by atoms with van der Waals surface area (Å²) in [6, 6.07) is 1.98. The van der Waals surface area contributed by atoms with Gasteiger partial charge in [-0.15, -0.1) is 0 Å². The molecule has 0 saturated heterocycles. The smallest absolute Gasteiger partial charge is 0.133 e. The van der Waals surface area contributed by atoms with Gasteiger partial charge in [0.1, 0.15) is 5.76 Å². The lowest BCUT2D eigenvalue weighted by Crippen LogP contribution is -1.88. The van der Waals surface area contributed by atoms with Gasteiger partial charge in [-0.3, -0.25) is 0 Å². The molecule has 0 saturated carbocycles. The molecule has 1 aromatic rings. The summed E-state index contributed by atoms with van der Waals surface area (Å²) in [5, 5.41) is 4.55. The van der Waals surface area contributed by atoms with Crippen LogP contribution in [0.1, 0.15) is 25.3 Å². The highest BCUT2D eigenvalue weighted by Gasteiger charge is 2.01. The highest BCUT2D eigenvalue weighted by atomic mass is 32.2. The fraction of sp³-hybridized carbons (Fsp3) is 0.625. The van der Waals surface area contributed by atoms with Crippen molar-refractivity contribution in [2.45, 2.75) is 31.8 Å². The van der Waals surface area contributed by atoms with Crippen molar-refractivity contribution in [3.63, 3.8) is 0 Å². The van der Waals surface area contributed by atoms with E-state index in [-0.39, 0.29) is 0 Å². The Morgan fingerprint density at radius 2 is 2.36 bits per heavy atom. The van der Waals surface area contributed by atoms with Crippen LogP contribution >= 0.6 is 11.8 Å². The Bertz CT molecular complexity index is 220. The molecule has 1 heterocycles. The minimum atomic E-state index is 0.659. The van der Waals surface area contributed by atoms with Gasteiger partial charge in [0.25, 0.3) is 0 Å². The van der Waals surface area contributed by atoms with Crippen LogP contribution in [0.5, 0.6) is 0 Å². The molecule has 1 aromatic heterocycles. The van der Waals surface area contributed by atoms with Crippen molar-refractivity contribution in [2.75, 3.05) is 0 Å². The van der Waals surface area contributed by atoms with E-state index in [2.05, 4.69) is 19.0 Å². The molecule has 3 heteroatoms. The van der Waals surface area contributed by atoms with Crippen molar-refractivity contribution in [2.24, 2.45) is 0 Å².